The quantitative estimate of drug-likeness (QED) is 0.314. The first-order valence-corrected chi connectivity index (χ1v) is 12.3. The fraction of sp³-hybridized carbons (Fsp3) is 0.125. The molecule has 0 saturated carbocycles. The van der Waals surface area contributed by atoms with E-state index in [1.54, 1.807) is 35.0 Å². The molecule has 2 aromatic carbocycles. The van der Waals surface area contributed by atoms with Crippen molar-refractivity contribution in [3.8, 4) is 22.6 Å². The van der Waals surface area contributed by atoms with Crippen LogP contribution in [-0.4, -0.2) is 40.1 Å². The number of fused-ring (bicyclic) bond motifs is 1. The van der Waals surface area contributed by atoms with Crippen LogP contribution in [0.4, 0.5) is 14.7 Å². The van der Waals surface area contributed by atoms with Gasteiger partial charge in [-0.05, 0) is 55.0 Å². The number of anilines is 1. The van der Waals surface area contributed by atoms with Crippen molar-refractivity contribution in [3.63, 3.8) is 0 Å². The number of hydrogen-bond acceptors (Lipinski definition) is 7. The van der Waals surface area contributed by atoms with Crippen LogP contribution in [0, 0.1) is 11.6 Å². The number of nitrogens with zero attached hydrogens (tertiary/aromatic N) is 4. The molecule has 3 heterocycles. The summed E-state index contributed by atoms with van der Waals surface area (Å²) in [4.78, 5) is 13.2. The van der Waals surface area contributed by atoms with Crippen LogP contribution in [0.2, 0.25) is 0 Å². The Morgan fingerprint density at radius 3 is 2.63 bits per heavy atom. The predicted molar refractivity (Wildman–Crippen MR) is 125 cm³/mol. The summed E-state index contributed by atoms with van der Waals surface area (Å²) in [5.74, 6) is -0.452. The van der Waals surface area contributed by atoms with Gasteiger partial charge in [0.05, 0.1) is 16.3 Å². The first-order chi connectivity index (χ1) is 16.9. The monoisotopic (exact) mass is 495 g/mol. The van der Waals surface area contributed by atoms with Gasteiger partial charge in [-0.2, -0.15) is 4.98 Å². The van der Waals surface area contributed by atoms with Crippen LogP contribution in [-0.2, 0) is 9.84 Å². The van der Waals surface area contributed by atoms with Gasteiger partial charge in [-0.3, -0.25) is 4.40 Å². The van der Waals surface area contributed by atoms with Crippen LogP contribution in [0.1, 0.15) is 6.42 Å². The minimum atomic E-state index is -3.61. The summed E-state index contributed by atoms with van der Waals surface area (Å²) in [7, 11) is -3.61. The minimum Gasteiger partial charge on any atom is -0.432 e. The topological polar surface area (TPSA) is 102 Å². The van der Waals surface area contributed by atoms with E-state index >= 15 is 0 Å². The maximum absolute atomic E-state index is 13.4. The van der Waals surface area contributed by atoms with Gasteiger partial charge in [-0.1, -0.05) is 6.07 Å². The van der Waals surface area contributed by atoms with Gasteiger partial charge in [0.2, 0.25) is 5.95 Å². The van der Waals surface area contributed by atoms with Crippen LogP contribution in [0.25, 0.3) is 28.5 Å². The van der Waals surface area contributed by atoms with Crippen molar-refractivity contribution < 1.29 is 21.6 Å². The molecular formula is C24H19F2N5O3S. The number of halogens is 2. The lowest BCUT2D eigenvalue weighted by Crippen LogP contribution is -2.13. The van der Waals surface area contributed by atoms with Crippen LogP contribution < -0.4 is 5.32 Å². The van der Waals surface area contributed by atoms with Crippen molar-refractivity contribution in [2.75, 3.05) is 17.6 Å². The van der Waals surface area contributed by atoms with Crippen LogP contribution in [0.5, 0.6) is 0 Å². The molecule has 178 valence electrons. The lowest BCUT2D eigenvalue weighted by atomic mass is 10.1. The average molecular weight is 496 g/mol. The number of hydrogen-bond donors (Lipinski definition) is 1. The van der Waals surface area contributed by atoms with E-state index < -0.39 is 15.7 Å². The zero-order valence-corrected chi connectivity index (χ0v) is 19.0. The molecule has 5 aromatic rings. The van der Waals surface area contributed by atoms with Gasteiger partial charge in [-0.25, -0.2) is 27.2 Å². The Balaban J connectivity index is 1.34. The number of sulfone groups is 1. The van der Waals surface area contributed by atoms with Crippen LogP contribution in [0.15, 0.2) is 82.6 Å². The second-order valence-electron chi connectivity index (χ2n) is 7.69. The van der Waals surface area contributed by atoms with Gasteiger partial charge in [0.1, 0.15) is 29.3 Å². The molecule has 0 spiro atoms. The van der Waals surface area contributed by atoms with Gasteiger partial charge in [0.25, 0.3) is 0 Å². The average Bonchev–Trinajstić information content (AvgIpc) is 3.44. The van der Waals surface area contributed by atoms with E-state index in [9.17, 15) is 17.2 Å². The molecule has 0 aliphatic rings. The zero-order valence-electron chi connectivity index (χ0n) is 18.2. The third-order valence-corrected chi connectivity index (χ3v) is 7.10. The maximum atomic E-state index is 13.4. The highest BCUT2D eigenvalue weighted by Gasteiger charge is 2.20. The summed E-state index contributed by atoms with van der Waals surface area (Å²) >= 11 is 0. The van der Waals surface area contributed by atoms with E-state index in [-0.39, 0.29) is 29.4 Å². The number of aromatic nitrogens is 4. The van der Waals surface area contributed by atoms with Gasteiger partial charge < -0.3 is 9.73 Å². The summed E-state index contributed by atoms with van der Waals surface area (Å²) < 4.78 is 58.8. The lowest BCUT2D eigenvalue weighted by molar-refractivity contribution is 0.589. The van der Waals surface area contributed by atoms with Gasteiger partial charge >= 0.3 is 5.84 Å². The Hall–Kier alpha value is -4.12. The number of rotatable bonds is 8. The van der Waals surface area contributed by atoms with Crippen LogP contribution >= 0.6 is 0 Å². The normalized spacial score (nSPS) is 11.7. The largest absolute Gasteiger partial charge is 0.432 e. The smallest absolute Gasteiger partial charge is 0.306 e. The summed E-state index contributed by atoms with van der Waals surface area (Å²) in [5, 5.41) is 3.03. The zero-order chi connectivity index (χ0) is 24.4. The Labute approximate surface area is 199 Å². The summed E-state index contributed by atoms with van der Waals surface area (Å²) in [6, 6.07) is 12.6. The summed E-state index contributed by atoms with van der Waals surface area (Å²) in [6.45, 7) is 0.288. The van der Waals surface area contributed by atoms with E-state index in [0.717, 1.165) is 6.07 Å². The molecule has 0 atom stereocenters. The summed E-state index contributed by atoms with van der Waals surface area (Å²) in [6.07, 6.45) is 5.05. The van der Waals surface area contributed by atoms with Crippen molar-refractivity contribution in [1.82, 2.24) is 19.4 Å². The molecule has 1 N–H and O–H groups in total. The Kier molecular flexibility index (Phi) is 6.00. The van der Waals surface area contributed by atoms with E-state index in [2.05, 4.69) is 20.3 Å². The molecule has 11 heteroatoms. The van der Waals surface area contributed by atoms with Crippen molar-refractivity contribution in [3.05, 3.63) is 84.9 Å². The van der Waals surface area contributed by atoms with Crippen molar-refractivity contribution >= 4 is 21.6 Å². The molecule has 0 saturated heterocycles. The standard InChI is InChI=1S/C24H19F2N5O3S/c25-17-7-5-16(6-8-17)21-22(31-12-13-34-24(31)30-21)20-9-11-28-23(29-20)27-10-2-14-35(32,33)19-4-1-3-18(26)15-19/h1,3-9,11-13,15H,2,10,14H2,(H,27,28,29). The van der Waals surface area contributed by atoms with E-state index in [0.29, 0.717) is 34.4 Å². The van der Waals surface area contributed by atoms with Gasteiger partial charge in [0.15, 0.2) is 9.84 Å². The van der Waals surface area contributed by atoms with Gasteiger partial charge in [-0.15, -0.1) is 0 Å². The highest BCUT2D eigenvalue weighted by Crippen LogP contribution is 2.32. The molecule has 0 bridgehead atoms. The Morgan fingerprint density at radius 2 is 1.83 bits per heavy atom. The molecule has 0 aliphatic heterocycles. The van der Waals surface area contributed by atoms with Crippen molar-refractivity contribution in [2.45, 2.75) is 11.3 Å². The second-order valence-corrected chi connectivity index (χ2v) is 9.80. The fourth-order valence-corrected chi connectivity index (χ4v) is 4.99. The highest BCUT2D eigenvalue weighted by molar-refractivity contribution is 7.91. The molecule has 0 amide bonds. The van der Waals surface area contributed by atoms with E-state index in [4.69, 9.17) is 4.42 Å². The lowest BCUT2D eigenvalue weighted by Gasteiger charge is -2.08. The predicted octanol–water partition coefficient (Wildman–Crippen LogP) is 4.61. The third-order valence-electron chi connectivity index (χ3n) is 5.31. The van der Waals surface area contributed by atoms with E-state index in [1.807, 2.05) is 0 Å². The van der Waals surface area contributed by atoms with Crippen molar-refractivity contribution in [1.29, 1.82) is 0 Å². The number of oxazole rings is 1. The molecule has 0 radical (unpaired) electrons. The highest BCUT2D eigenvalue weighted by atomic mass is 32.2. The molecule has 35 heavy (non-hydrogen) atoms. The first-order valence-electron chi connectivity index (χ1n) is 10.7. The van der Waals surface area contributed by atoms with E-state index in [1.165, 1.54) is 36.6 Å². The van der Waals surface area contributed by atoms with Crippen molar-refractivity contribution in [2.24, 2.45) is 0 Å². The first kappa shape index (κ1) is 22.7. The SMILES string of the molecule is O=S(=O)(CCCNc1nccc(-c2c(-c3ccc(F)cc3)nc3occn23)n1)c1cccc(F)c1. The second kappa shape index (κ2) is 9.26. The third kappa shape index (κ3) is 4.76. The van der Waals surface area contributed by atoms with Crippen LogP contribution in [0.3, 0.4) is 0 Å². The molecule has 3 aromatic heterocycles. The minimum absolute atomic E-state index is 0.0473. The maximum Gasteiger partial charge on any atom is 0.306 e. The number of benzene rings is 2. The molecule has 8 nitrogen and oxygen atoms in total. The molecule has 0 unspecified atom stereocenters. The number of imidazole rings is 1. The van der Waals surface area contributed by atoms with Gasteiger partial charge in [0, 0.05) is 24.5 Å². The molecule has 5 rings (SSSR count). The number of nitrogens with one attached hydrogen (secondary N) is 1. The molecule has 0 aliphatic carbocycles. The molecular weight excluding hydrogens is 476 g/mol. The Bertz CT molecular complexity index is 1600. The summed E-state index contributed by atoms with van der Waals surface area (Å²) in [5.41, 5.74) is 2.44. The fourth-order valence-electron chi connectivity index (χ4n) is 3.66. The Morgan fingerprint density at radius 1 is 1.00 bits per heavy atom. The molecule has 0 fully saturated rings.